The van der Waals surface area contributed by atoms with E-state index in [0.717, 1.165) is 12.1 Å². The minimum absolute atomic E-state index is 0.149. The molecule has 0 aliphatic carbocycles. The molecule has 0 heterocycles. The van der Waals surface area contributed by atoms with Crippen LogP contribution in [-0.2, 0) is 0 Å². The fourth-order valence-electron chi connectivity index (χ4n) is 1.18. The molecule has 0 unspecified atom stereocenters. The summed E-state index contributed by atoms with van der Waals surface area (Å²) in [4.78, 5) is 9.95. The van der Waals surface area contributed by atoms with Gasteiger partial charge in [-0.05, 0) is 7.05 Å². The number of rotatable bonds is 4. The molecule has 0 fully saturated rings. The van der Waals surface area contributed by atoms with Gasteiger partial charge >= 0.3 is 0 Å². The maximum Gasteiger partial charge on any atom is 0.292 e. The van der Waals surface area contributed by atoms with Crippen LogP contribution in [0.4, 0.5) is 15.8 Å². The Morgan fingerprint density at radius 1 is 1.62 bits per heavy atom. The van der Waals surface area contributed by atoms with Crippen LogP contribution in [0.1, 0.15) is 5.56 Å². The van der Waals surface area contributed by atoms with Gasteiger partial charge < -0.3 is 11.1 Å². The van der Waals surface area contributed by atoms with Crippen molar-refractivity contribution in [1.29, 1.82) is 0 Å². The minimum atomic E-state index is -0.635. The maximum absolute atomic E-state index is 13.3. The highest BCUT2D eigenvalue weighted by Gasteiger charge is 2.14. The van der Waals surface area contributed by atoms with E-state index < -0.39 is 10.7 Å². The maximum atomic E-state index is 13.3. The van der Waals surface area contributed by atoms with Crippen LogP contribution in [0.25, 0.3) is 6.08 Å². The van der Waals surface area contributed by atoms with Gasteiger partial charge in [-0.2, -0.15) is 0 Å². The smallest absolute Gasteiger partial charge is 0.292 e. The van der Waals surface area contributed by atoms with E-state index in [-0.39, 0.29) is 16.9 Å². The van der Waals surface area contributed by atoms with Crippen molar-refractivity contribution in [2.45, 2.75) is 0 Å². The van der Waals surface area contributed by atoms with E-state index in [1.54, 1.807) is 13.1 Å². The van der Waals surface area contributed by atoms with E-state index in [1.807, 2.05) is 0 Å². The summed E-state index contributed by atoms with van der Waals surface area (Å²) < 4.78 is 13.3. The summed E-state index contributed by atoms with van der Waals surface area (Å²) in [7, 11) is 1.74. The highest BCUT2D eigenvalue weighted by atomic mass is 19.1. The quantitative estimate of drug-likeness (QED) is 0.462. The highest BCUT2D eigenvalue weighted by Crippen LogP contribution is 2.25. The molecule has 0 bridgehead atoms. The molecular weight excluding hydrogens is 213 g/mol. The molecule has 0 aliphatic rings. The topological polar surface area (TPSA) is 81.2 Å². The van der Waals surface area contributed by atoms with E-state index in [0.29, 0.717) is 6.54 Å². The lowest BCUT2D eigenvalue weighted by Gasteiger charge is -2.01. The number of nitrogens with one attached hydrogen (secondary N) is 1. The Labute approximate surface area is 91.9 Å². The van der Waals surface area contributed by atoms with Gasteiger partial charge in [0.2, 0.25) is 0 Å². The Balaban J connectivity index is 3.09. The van der Waals surface area contributed by atoms with Crippen molar-refractivity contribution in [3.8, 4) is 0 Å². The lowest BCUT2D eigenvalue weighted by atomic mass is 10.1. The van der Waals surface area contributed by atoms with Crippen molar-refractivity contribution in [2.24, 2.45) is 0 Å². The normalized spacial score (nSPS) is 10.9. The first-order valence-electron chi connectivity index (χ1n) is 4.60. The van der Waals surface area contributed by atoms with Gasteiger partial charge in [0.25, 0.3) is 5.69 Å². The van der Waals surface area contributed by atoms with Crippen molar-refractivity contribution in [3.05, 3.63) is 39.7 Å². The number of nitro groups is 1. The fraction of sp³-hybridized carbons (Fsp3) is 0.200. The molecule has 0 radical (unpaired) electrons. The number of benzene rings is 1. The van der Waals surface area contributed by atoms with Crippen LogP contribution in [0.15, 0.2) is 18.2 Å². The molecule has 1 aromatic rings. The van der Waals surface area contributed by atoms with E-state index in [9.17, 15) is 14.5 Å². The van der Waals surface area contributed by atoms with Crippen molar-refractivity contribution in [3.63, 3.8) is 0 Å². The summed E-state index contributed by atoms with van der Waals surface area (Å²) in [6.07, 6.45) is 3.14. The number of hydrogen-bond acceptors (Lipinski definition) is 4. The van der Waals surface area contributed by atoms with Crippen molar-refractivity contribution in [2.75, 3.05) is 19.3 Å². The van der Waals surface area contributed by atoms with Crippen LogP contribution < -0.4 is 11.1 Å². The number of likely N-dealkylation sites (N-methyl/N-ethyl adjacent to an activating group) is 1. The summed E-state index contributed by atoms with van der Waals surface area (Å²) >= 11 is 0. The molecule has 16 heavy (non-hydrogen) atoms. The minimum Gasteiger partial charge on any atom is -0.393 e. The van der Waals surface area contributed by atoms with Crippen LogP contribution in [-0.4, -0.2) is 18.5 Å². The monoisotopic (exact) mass is 225 g/mol. The lowest BCUT2D eigenvalue weighted by molar-refractivity contribution is -0.383. The number of nitrogens with two attached hydrogens (primary N) is 1. The van der Waals surface area contributed by atoms with E-state index in [4.69, 9.17) is 5.73 Å². The Bertz CT molecular complexity index is 432. The Morgan fingerprint density at radius 3 is 2.88 bits per heavy atom. The molecule has 1 aromatic carbocycles. The second-order valence-electron chi connectivity index (χ2n) is 3.15. The third kappa shape index (κ3) is 2.77. The second-order valence-corrected chi connectivity index (χ2v) is 3.15. The molecule has 0 spiro atoms. The van der Waals surface area contributed by atoms with Gasteiger partial charge in [0, 0.05) is 24.2 Å². The molecule has 86 valence electrons. The number of nitrogens with zero attached hydrogens (tertiary/aromatic N) is 1. The van der Waals surface area contributed by atoms with E-state index in [1.165, 1.54) is 6.08 Å². The summed E-state index contributed by atoms with van der Waals surface area (Å²) in [5.41, 5.74) is 5.02. The van der Waals surface area contributed by atoms with Crippen molar-refractivity contribution < 1.29 is 9.31 Å². The number of nitro benzene ring substituents is 1. The second kappa shape index (κ2) is 5.22. The van der Waals surface area contributed by atoms with Gasteiger partial charge in [-0.15, -0.1) is 0 Å². The predicted octanol–water partition coefficient (Wildman–Crippen LogP) is 1.55. The number of hydrogen-bond donors (Lipinski definition) is 2. The van der Waals surface area contributed by atoms with Crippen LogP contribution in [0.2, 0.25) is 0 Å². The van der Waals surface area contributed by atoms with E-state index >= 15 is 0 Å². The largest absolute Gasteiger partial charge is 0.393 e. The van der Waals surface area contributed by atoms with Crippen LogP contribution >= 0.6 is 0 Å². The first-order chi connectivity index (χ1) is 7.56. The molecule has 0 saturated carbocycles. The third-order valence-corrected chi connectivity index (χ3v) is 1.96. The fourth-order valence-corrected chi connectivity index (χ4v) is 1.18. The number of nitrogen functional groups attached to an aromatic ring is 1. The number of anilines is 1. The zero-order chi connectivity index (χ0) is 12.1. The Hall–Kier alpha value is -1.95. The van der Waals surface area contributed by atoms with Gasteiger partial charge in [0.05, 0.1) is 4.92 Å². The third-order valence-electron chi connectivity index (χ3n) is 1.96. The predicted molar refractivity (Wildman–Crippen MR) is 60.4 cm³/mol. The zero-order valence-corrected chi connectivity index (χ0v) is 8.74. The lowest BCUT2D eigenvalue weighted by Crippen LogP contribution is -2.04. The van der Waals surface area contributed by atoms with Crippen molar-refractivity contribution >= 4 is 17.5 Å². The molecule has 0 saturated heterocycles. The van der Waals surface area contributed by atoms with Crippen LogP contribution in [0.3, 0.4) is 0 Å². The van der Waals surface area contributed by atoms with Crippen LogP contribution in [0, 0.1) is 15.9 Å². The molecule has 0 amide bonds. The standard InChI is InChI=1S/C10H12FN3O2/c1-13-4-2-3-7-5-10(14(15)16)9(12)6-8(7)11/h2-3,5-6,13H,4,12H2,1H3. The first-order valence-corrected chi connectivity index (χ1v) is 4.60. The molecule has 5 nitrogen and oxygen atoms in total. The Morgan fingerprint density at radius 2 is 2.31 bits per heavy atom. The zero-order valence-electron chi connectivity index (χ0n) is 8.74. The Kier molecular flexibility index (Phi) is 3.96. The SMILES string of the molecule is CNCC=Cc1cc([N+](=O)[O-])c(N)cc1F. The molecule has 1 rings (SSSR count). The molecule has 3 N–H and O–H groups in total. The molecule has 0 aliphatic heterocycles. The van der Waals surface area contributed by atoms with Gasteiger partial charge in [0.15, 0.2) is 0 Å². The van der Waals surface area contributed by atoms with Gasteiger partial charge in [-0.1, -0.05) is 12.2 Å². The summed E-state index contributed by atoms with van der Waals surface area (Å²) in [5.74, 6) is -0.574. The summed E-state index contributed by atoms with van der Waals surface area (Å²) in [5, 5.41) is 13.4. The summed E-state index contributed by atoms with van der Waals surface area (Å²) in [6, 6.07) is 2.08. The first kappa shape index (κ1) is 12.1. The number of halogens is 1. The molecule has 0 atom stereocenters. The van der Waals surface area contributed by atoms with Gasteiger partial charge in [-0.3, -0.25) is 10.1 Å². The van der Waals surface area contributed by atoms with Crippen molar-refractivity contribution in [1.82, 2.24) is 5.32 Å². The highest BCUT2D eigenvalue weighted by molar-refractivity contribution is 5.65. The molecule has 0 aromatic heterocycles. The summed E-state index contributed by atoms with van der Waals surface area (Å²) in [6.45, 7) is 0.553. The molecular formula is C10H12FN3O2. The average molecular weight is 225 g/mol. The van der Waals surface area contributed by atoms with E-state index in [2.05, 4.69) is 5.32 Å². The molecule has 6 heteroatoms. The average Bonchev–Trinajstić information content (AvgIpc) is 2.21. The van der Waals surface area contributed by atoms with Crippen LogP contribution in [0.5, 0.6) is 0 Å². The van der Waals surface area contributed by atoms with Gasteiger partial charge in [0.1, 0.15) is 11.5 Å². The van der Waals surface area contributed by atoms with Gasteiger partial charge in [-0.25, -0.2) is 4.39 Å².